The van der Waals surface area contributed by atoms with Gasteiger partial charge in [0.15, 0.2) is 0 Å². The largest absolute Gasteiger partial charge is 0.506 e. The summed E-state index contributed by atoms with van der Waals surface area (Å²) in [6.45, 7) is 0.242. The summed E-state index contributed by atoms with van der Waals surface area (Å²) >= 11 is 17.4. The highest BCUT2D eigenvalue weighted by Gasteiger charge is 2.08. The van der Waals surface area contributed by atoms with Crippen molar-refractivity contribution in [1.82, 2.24) is 0 Å². The minimum absolute atomic E-state index is 0.0546. The molecule has 0 aliphatic carbocycles. The first-order chi connectivity index (χ1) is 8.95. The number of aromatic hydroxyl groups is 1. The number of phenolic OH excluding ortho intramolecular Hbond substituents is 1. The molecular weight excluding hydrogens is 312 g/mol. The highest BCUT2D eigenvalue weighted by Crippen LogP contribution is 2.31. The lowest BCUT2D eigenvalue weighted by atomic mass is 10.2. The summed E-state index contributed by atoms with van der Waals surface area (Å²) in [4.78, 5) is 0. The molecular formula is C13H9Cl3FNO. The number of halogens is 4. The number of hydrogen-bond donors (Lipinski definition) is 2. The molecule has 0 aliphatic heterocycles. The Morgan fingerprint density at radius 2 is 1.68 bits per heavy atom. The molecule has 0 radical (unpaired) electrons. The average molecular weight is 321 g/mol. The summed E-state index contributed by atoms with van der Waals surface area (Å²) in [5, 5.41) is 13.6. The zero-order valence-corrected chi connectivity index (χ0v) is 11.8. The molecule has 19 heavy (non-hydrogen) atoms. The number of anilines is 1. The van der Waals surface area contributed by atoms with Gasteiger partial charge in [-0.3, -0.25) is 0 Å². The highest BCUT2D eigenvalue weighted by molar-refractivity contribution is 6.35. The van der Waals surface area contributed by atoms with Crippen LogP contribution in [-0.4, -0.2) is 5.11 Å². The lowest BCUT2D eigenvalue weighted by molar-refractivity contribution is 0.469. The first kappa shape index (κ1) is 14.3. The minimum atomic E-state index is -0.441. The van der Waals surface area contributed by atoms with E-state index in [2.05, 4.69) is 5.32 Å². The molecule has 0 spiro atoms. The molecule has 0 heterocycles. The Morgan fingerprint density at radius 1 is 1.00 bits per heavy atom. The van der Waals surface area contributed by atoms with Crippen LogP contribution in [0.1, 0.15) is 5.56 Å². The van der Waals surface area contributed by atoms with E-state index in [1.54, 1.807) is 12.1 Å². The molecule has 2 aromatic carbocycles. The van der Waals surface area contributed by atoms with Gasteiger partial charge in [-0.25, -0.2) is 4.39 Å². The van der Waals surface area contributed by atoms with Crippen molar-refractivity contribution in [2.45, 2.75) is 6.54 Å². The van der Waals surface area contributed by atoms with E-state index in [0.29, 0.717) is 16.3 Å². The predicted molar refractivity (Wildman–Crippen MR) is 76.9 cm³/mol. The molecule has 100 valence electrons. The van der Waals surface area contributed by atoms with E-state index in [1.165, 1.54) is 18.2 Å². The summed E-state index contributed by atoms with van der Waals surface area (Å²) in [6, 6.07) is 7.11. The van der Waals surface area contributed by atoms with Gasteiger partial charge in [0.1, 0.15) is 11.6 Å². The summed E-state index contributed by atoms with van der Waals surface area (Å²) in [5.41, 5.74) is 1.01. The average Bonchev–Trinajstić information content (AvgIpc) is 2.30. The van der Waals surface area contributed by atoms with E-state index in [-0.39, 0.29) is 22.3 Å². The van der Waals surface area contributed by atoms with Gasteiger partial charge in [-0.05, 0) is 30.3 Å². The molecule has 0 fully saturated rings. The normalized spacial score (nSPS) is 10.5. The molecule has 0 amide bonds. The van der Waals surface area contributed by atoms with Crippen LogP contribution in [0.5, 0.6) is 5.75 Å². The SMILES string of the molecule is Oc1c(Cl)cc(Cl)cc1CNc1cc(F)cc(Cl)c1. The third kappa shape index (κ3) is 3.66. The van der Waals surface area contributed by atoms with Crippen molar-refractivity contribution in [1.29, 1.82) is 0 Å². The van der Waals surface area contributed by atoms with Crippen LogP contribution in [0.25, 0.3) is 0 Å². The maximum atomic E-state index is 13.1. The zero-order valence-electron chi connectivity index (χ0n) is 9.55. The Labute approximate surface area is 124 Å². The summed E-state index contributed by atoms with van der Waals surface area (Å²) in [5.74, 6) is -0.496. The summed E-state index contributed by atoms with van der Waals surface area (Å²) < 4.78 is 13.1. The van der Waals surface area contributed by atoms with Gasteiger partial charge in [0.05, 0.1) is 5.02 Å². The number of nitrogens with one attached hydrogen (secondary N) is 1. The third-order valence-electron chi connectivity index (χ3n) is 2.45. The van der Waals surface area contributed by atoms with E-state index in [1.807, 2.05) is 0 Å². The predicted octanol–water partition coefficient (Wildman–Crippen LogP) is 5.10. The fraction of sp³-hybridized carbons (Fsp3) is 0.0769. The fourth-order valence-corrected chi connectivity index (χ4v) is 2.36. The molecule has 0 saturated carbocycles. The standard InChI is InChI=1S/C13H9Cl3FNO/c14-8-1-7(13(19)12(16)4-8)6-18-11-3-9(15)2-10(17)5-11/h1-5,18-19H,6H2. The Kier molecular flexibility index (Phi) is 4.40. The van der Waals surface area contributed by atoms with Crippen molar-refractivity contribution in [3.05, 3.63) is 56.8 Å². The molecule has 0 aliphatic rings. The lowest BCUT2D eigenvalue weighted by Crippen LogP contribution is -2.00. The second-order valence-electron chi connectivity index (χ2n) is 3.91. The van der Waals surface area contributed by atoms with E-state index >= 15 is 0 Å². The molecule has 0 unspecified atom stereocenters. The number of rotatable bonds is 3. The fourth-order valence-electron chi connectivity index (χ4n) is 1.61. The van der Waals surface area contributed by atoms with Crippen molar-refractivity contribution >= 4 is 40.5 Å². The van der Waals surface area contributed by atoms with Gasteiger partial charge in [0.25, 0.3) is 0 Å². The Hall–Kier alpha value is -1.16. The van der Waals surface area contributed by atoms with Gasteiger partial charge in [-0.15, -0.1) is 0 Å². The second kappa shape index (κ2) is 5.87. The zero-order chi connectivity index (χ0) is 14.0. The van der Waals surface area contributed by atoms with Crippen LogP contribution in [0.3, 0.4) is 0 Å². The summed E-state index contributed by atoms with van der Waals surface area (Å²) in [7, 11) is 0. The first-order valence-corrected chi connectivity index (χ1v) is 6.46. The number of phenols is 1. The van der Waals surface area contributed by atoms with Crippen LogP contribution < -0.4 is 5.32 Å². The maximum absolute atomic E-state index is 13.1. The van der Waals surface area contributed by atoms with Crippen LogP contribution in [-0.2, 0) is 6.54 Å². The van der Waals surface area contributed by atoms with Crippen LogP contribution in [0.2, 0.25) is 15.1 Å². The Balaban J connectivity index is 2.19. The van der Waals surface area contributed by atoms with Gasteiger partial charge < -0.3 is 10.4 Å². The smallest absolute Gasteiger partial charge is 0.139 e. The molecule has 2 aromatic rings. The molecule has 0 saturated heterocycles. The van der Waals surface area contributed by atoms with Crippen molar-refractivity contribution in [2.75, 3.05) is 5.32 Å². The second-order valence-corrected chi connectivity index (χ2v) is 5.19. The van der Waals surface area contributed by atoms with Crippen molar-refractivity contribution < 1.29 is 9.50 Å². The molecule has 2 nitrogen and oxygen atoms in total. The molecule has 0 atom stereocenters. The van der Waals surface area contributed by atoms with Crippen LogP contribution in [0.15, 0.2) is 30.3 Å². The van der Waals surface area contributed by atoms with Gasteiger partial charge in [0, 0.05) is 27.8 Å². The topological polar surface area (TPSA) is 32.3 Å². The molecule has 0 aromatic heterocycles. The molecule has 2 rings (SSSR count). The highest BCUT2D eigenvalue weighted by atomic mass is 35.5. The van der Waals surface area contributed by atoms with Crippen LogP contribution in [0, 0.1) is 5.82 Å². The number of hydrogen-bond acceptors (Lipinski definition) is 2. The number of benzene rings is 2. The maximum Gasteiger partial charge on any atom is 0.139 e. The molecule has 6 heteroatoms. The van der Waals surface area contributed by atoms with Crippen molar-refractivity contribution in [3.8, 4) is 5.75 Å². The molecule has 2 N–H and O–H groups in total. The first-order valence-electron chi connectivity index (χ1n) is 5.32. The van der Waals surface area contributed by atoms with Gasteiger partial charge in [-0.2, -0.15) is 0 Å². The van der Waals surface area contributed by atoms with Crippen LogP contribution in [0.4, 0.5) is 10.1 Å². The summed E-state index contributed by atoms with van der Waals surface area (Å²) in [6.07, 6.45) is 0. The van der Waals surface area contributed by atoms with Crippen LogP contribution >= 0.6 is 34.8 Å². The van der Waals surface area contributed by atoms with E-state index in [0.717, 1.165) is 0 Å². The minimum Gasteiger partial charge on any atom is -0.506 e. The Morgan fingerprint density at radius 3 is 2.37 bits per heavy atom. The third-order valence-corrected chi connectivity index (χ3v) is 3.18. The van der Waals surface area contributed by atoms with Gasteiger partial charge >= 0.3 is 0 Å². The quantitative estimate of drug-likeness (QED) is 0.824. The molecule has 0 bridgehead atoms. The van der Waals surface area contributed by atoms with E-state index < -0.39 is 5.82 Å². The van der Waals surface area contributed by atoms with Gasteiger partial charge in [0.2, 0.25) is 0 Å². The van der Waals surface area contributed by atoms with Gasteiger partial charge in [-0.1, -0.05) is 34.8 Å². The van der Waals surface area contributed by atoms with Crippen molar-refractivity contribution in [2.24, 2.45) is 0 Å². The Bertz CT molecular complexity index is 599. The van der Waals surface area contributed by atoms with E-state index in [9.17, 15) is 9.50 Å². The lowest BCUT2D eigenvalue weighted by Gasteiger charge is -2.10. The van der Waals surface area contributed by atoms with Crippen molar-refractivity contribution in [3.63, 3.8) is 0 Å². The van der Waals surface area contributed by atoms with E-state index in [4.69, 9.17) is 34.8 Å². The monoisotopic (exact) mass is 319 g/mol.